The van der Waals surface area contributed by atoms with Gasteiger partial charge in [-0.15, -0.1) is 0 Å². The van der Waals surface area contributed by atoms with Gasteiger partial charge in [-0.25, -0.2) is 5.43 Å². The fourth-order valence-electron chi connectivity index (χ4n) is 2.24. The van der Waals surface area contributed by atoms with Crippen molar-refractivity contribution in [2.45, 2.75) is 52.5 Å². The number of hydrogen-bond donors (Lipinski definition) is 2. The molecule has 0 fully saturated rings. The largest absolute Gasteiger partial charge is 0.347 e. The van der Waals surface area contributed by atoms with E-state index in [2.05, 4.69) is 54.8 Å². The van der Waals surface area contributed by atoms with Gasteiger partial charge in [0.1, 0.15) is 5.71 Å². The molecule has 0 unspecified atom stereocenters. The molecule has 0 saturated heterocycles. The molecule has 0 aliphatic carbocycles. The number of carbonyl (C=O) groups is 2. The van der Waals surface area contributed by atoms with Crippen LogP contribution in [0.2, 0.25) is 0 Å². The Morgan fingerprint density at radius 1 is 1.32 bits per heavy atom. The first-order valence-corrected chi connectivity index (χ1v) is 7.51. The summed E-state index contributed by atoms with van der Waals surface area (Å²) in [6, 6.07) is 6.35. The normalized spacial score (nSPS) is 15.1. The first-order valence-electron chi connectivity index (χ1n) is 7.51. The number of hydrogen-bond acceptors (Lipinski definition) is 3. The van der Waals surface area contributed by atoms with Gasteiger partial charge in [0.05, 0.1) is 0 Å². The minimum Gasteiger partial charge on any atom is -0.347 e. The highest BCUT2D eigenvalue weighted by molar-refractivity contribution is 6.39. The first-order chi connectivity index (χ1) is 10.3. The number of nitrogens with one attached hydrogen (secondary N) is 2. The molecule has 0 bridgehead atoms. The summed E-state index contributed by atoms with van der Waals surface area (Å²) in [5.41, 5.74) is 6.28. The third kappa shape index (κ3) is 3.93. The molecule has 0 spiro atoms. The molecular weight excluding hydrogens is 278 g/mol. The van der Waals surface area contributed by atoms with Crippen molar-refractivity contribution in [1.29, 1.82) is 0 Å². The monoisotopic (exact) mass is 301 g/mol. The maximum Gasteiger partial charge on any atom is 0.267 e. The molecule has 118 valence electrons. The zero-order valence-corrected chi connectivity index (χ0v) is 13.6. The lowest BCUT2D eigenvalue weighted by Gasteiger charge is -2.21. The number of benzene rings is 1. The lowest BCUT2D eigenvalue weighted by atomic mass is 9.85. The molecule has 0 saturated carbocycles. The Morgan fingerprint density at radius 2 is 2.05 bits per heavy atom. The van der Waals surface area contributed by atoms with Crippen molar-refractivity contribution in [2.75, 3.05) is 0 Å². The average Bonchev–Trinajstić information content (AvgIpc) is 2.45. The lowest BCUT2D eigenvalue weighted by molar-refractivity contribution is -0.121. The molecule has 1 aromatic rings. The number of nitrogens with zero attached hydrogens (tertiary/aromatic N) is 1. The fourth-order valence-corrected chi connectivity index (χ4v) is 2.24. The molecule has 1 aliphatic rings. The summed E-state index contributed by atoms with van der Waals surface area (Å²) < 4.78 is 0. The van der Waals surface area contributed by atoms with Crippen LogP contribution in [0, 0.1) is 6.92 Å². The second-order valence-electron chi connectivity index (χ2n) is 6.67. The molecule has 2 amide bonds. The Balaban J connectivity index is 2.05. The van der Waals surface area contributed by atoms with Crippen LogP contribution in [0.5, 0.6) is 0 Å². The fraction of sp³-hybridized carbons (Fsp3) is 0.471. The molecule has 0 atom stereocenters. The van der Waals surface area contributed by atoms with E-state index in [1.54, 1.807) is 0 Å². The number of hydrazone groups is 1. The lowest BCUT2D eigenvalue weighted by Crippen LogP contribution is -2.36. The molecule has 1 aromatic carbocycles. The number of aryl methyl sites for hydroxylation is 1. The van der Waals surface area contributed by atoms with Crippen LogP contribution in [-0.4, -0.2) is 17.5 Å². The van der Waals surface area contributed by atoms with E-state index in [-0.39, 0.29) is 17.2 Å². The van der Waals surface area contributed by atoms with E-state index >= 15 is 0 Å². The Bertz CT molecular complexity index is 627. The van der Waals surface area contributed by atoms with E-state index < -0.39 is 0 Å². The summed E-state index contributed by atoms with van der Waals surface area (Å²) in [5.74, 6) is -0.370. The Morgan fingerprint density at radius 3 is 2.64 bits per heavy atom. The van der Waals surface area contributed by atoms with Crippen LogP contribution in [0.1, 0.15) is 50.3 Å². The summed E-state index contributed by atoms with van der Waals surface area (Å²) in [6.45, 7) is 8.99. The number of rotatable bonds is 3. The summed E-state index contributed by atoms with van der Waals surface area (Å²) in [5, 5.41) is 6.69. The molecule has 2 N–H and O–H groups in total. The summed E-state index contributed by atoms with van der Waals surface area (Å²) in [4.78, 5) is 23.1. The molecule has 0 aromatic heterocycles. The van der Waals surface area contributed by atoms with Crippen molar-refractivity contribution < 1.29 is 9.59 Å². The highest BCUT2D eigenvalue weighted by Crippen LogP contribution is 2.24. The van der Waals surface area contributed by atoms with E-state index in [0.717, 1.165) is 11.1 Å². The molecular formula is C17H23N3O2. The molecule has 2 rings (SSSR count). The van der Waals surface area contributed by atoms with Crippen molar-refractivity contribution in [2.24, 2.45) is 5.10 Å². The summed E-state index contributed by atoms with van der Waals surface area (Å²) >= 11 is 0. The van der Waals surface area contributed by atoms with Crippen molar-refractivity contribution in [3.8, 4) is 0 Å². The summed E-state index contributed by atoms with van der Waals surface area (Å²) in [7, 11) is 0. The van der Waals surface area contributed by atoms with Crippen molar-refractivity contribution in [3.63, 3.8) is 0 Å². The van der Waals surface area contributed by atoms with Crippen LogP contribution < -0.4 is 10.7 Å². The minimum atomic E-state index is -0.222. The second-order valence-corrected chi connectivity index (χ2v) is 6.67. The maximum atomic E-state index is 12.1. The van der Waals surface area contributed by atoms with Gasteiger partial charge in [0.25, 0.3) is 5.91 Å². The van der Waals surface area contributed by atoms with E-state index in [1.807, 2.05) is 6.92 Å². The second kappa shape index (κ2) is 6.30. The molecule has 1 heterocycles. The van der Waals surface area contributed by atoms with Crippen LogP contribution >= 0.6 is 0 Å². The Hall–Kier alpha value is -2.17. The van der Waals surface area contributed by atoms with Crippen molar-refractivity contribution in [3.05, 3.63) is 34.9 Å². The average molecular weight is 301 g/mol. The minimum absolute atomic E-state index is 0.0736. The predicted octanol–water partition coefficient (Wildman–Crippen LogP) is 2.17. The van der Waals surface area contributed by atoms with Gasteiger partial charge in [-0.05, 0) is 29.0 Å². The van der Waals surface area contributed by atoms with Gasteiger partial charge >= 0.3 is 0 Å². The molecule has 22 heavy (non-hydrogen) atoms. The van der Waals surface area contributed by atoms with Gasteiger partial charge in [-0.3, -0.25) is 9.59 Å². The summed E-state index contributed by atoms with van der Waals surface area (Å²) in [6.07, 6.45) is 0.698. The third-order valence-electron chi connectivity index (χ3n) is 3.82. The smallest absolute Gasteiger partial charge is 0.267 e. The zero-order chi connectivity index (χ0) is 16.3. The highest BCUT2D eigenvalue weighted by Gasteiger charge is 2.19. The molecule has 5 nitrogen and oxygen atoms in total. The van der Waals surface area contributed by atoms with Crippen molar-refractivity contribution in [1.82, 2.24) is 10.7 Å². The van der Waals surface area contributed by atoms with E-state index in [9.17, 15) is 9.59 Å². The SMILES string of the molecule is Cc1ccc(C(C)(C)C)cc1CNC(=O)C1=NNC(=O)CC1. The maximum absolute atomic E-state index is 12.1. The van der Waals surface area contributed by atoms with Gasteiger partial charge in [0, 0.05) is 19.4 Å². The van der Waals surface area contributed by atoms with Gasteiger partial charge in [-0.2, -0.15) is 5.10 Å². The predicted molar refractivity (Wildman–Crippen MR) is 86.5 cm³/mol. The van der Waals surface area contributed by atoms with E-state index in [4.69, 9.17) is 0 Å². The zero-order valence-electron chi connectivity index (χ0n) is 13.6. The standard InChI is InChI=1S/C17H23N3O2/c1-11-5-6-13(17(2,3)4)9-12(11)10-18-16(22)14-7-8-15(21)20-19-14/h5-6,9H,7-8,10H2,1-4H3,(H,18,22)(H,20,21). The molecule has 0 radical (unpaired) electrons. The van der Waals surface area contributed by atoms with Crippen LogP contribution in [-0.2, 0) is 21.5 Å². The molecule has 5 heteroatoms. The van der Waals surface area contributed by atoms with Gasteiger partial charge in [-0.1, -0.05) is 39.0 Å². The topological polar surface area (TPSA) is 70.6 Å². The van der Waals surface area contributed by atoms with Gasteiger partial charge < -0.3 is 5.32 Å². The quantitative estimate of drug-likeness (QED) is 0.898. The molecule has 1 aliphatic heterocycles. The van der Waals surface area contributed by atoms with Crippen LogP contribution in [0.4, 0.5) is 0 Å². The number of amides is 2. The van der Waals surface area contributed by atoms with Crippen LogP contribution in [0.25, 0.3) is 0 Å². The first kappa shape index (κ1) is 16.2. The van der Waals surface area contributed by atoms with Crippen molar-refractivity contribution >= 4 is 17.5 Å². The number of carbonyl (C=O) groups excluding carboxylic acids is 2. The van der Waals surface area contributed by atoms with Crippen LogP contribution in [0.3, 0.4) is 0 Å². The Kier molecular flexibility index (Phi) is 4.64. The van der Waals surface area contributed by atoms with E-state index in [0.29, 0.717) is 25.1 Å². The van der Waals surface area contributed by atoms with Gasteiger partial charge in [0.15, 0.2) is 0 Å². The van der Waals surface area contributed by atoms with Gasteiger partial charge in [0.2, 0.25) is 5.91 Å². The van der Waals surface area contributed by atoms with Crippen LogP contribution in [0.15, 0.2) is 23.3 Å². The highest BCUT2D eigenvalue weighted by atomic mass is 16.2. The Labute approximate surface area is 131 Å². The van der Waals surface area contributed by atoms with E-state index in [1.165, 1.54) is 5.56 Å². The third-order valence-corrected chi connectivity index (χ3v) is 3.82.